The fraction of sp³-hybridized carbons (Fsp3) is 0.417. The van der Waals surface area contributed by atoms with Gasteiger partial charge in [-0.3, -0.25) is 4.79 Å². The summed E-state index contributed by atoms with van der Waals surface area (Å²) >= 11 is 0. The van der Waals surface area contributed by atoms with Crippen molar-refractivity contribution in [1.29, 1.82) is 0 Å². The van der Waals surface area contributed by atoms with Crippen molar-refractivity contribution in [3.63, 3.8) is 0 Å². The van der Waals surface area contributed by atoms with Gasteiger partial charge in [0.15, 0.2) is 0 Å². The number of hydrogen-bond acceptors (Lipinski definition) is 2. The Hall–Kier alpha value is -1.93. The molecule has 0 aromatic heterocycles. The van der Waals surface area contributed by atoms with Crippen molar-refractivity contribution in [2.75, 3.05) is 18.8 Å². The van der Waals surface area contributed by atoms with Crippen molar-refractivity contribution in [2.24, 2.45) is 0 Å². The van der Waals surface area contributed by atoms with Gasteiger partial charge in [-0.25, -0.2) is 0 Å². The van der Waals surface area contributed by atoms with Crippen LogP contribution in [-0.2, 0) is 6.18 Å². The molecule has 0 aliphatic rings. The van der Waals surface area contributed by atoms with Gasteiger partial charge >= 0.3 is 12.4 Å². The predicted molar refractivity (Wildman–Crippen MR) is 63.5 cm³/mol. The maximum absolute atomic E-state index is 12.7. The molecule has 1 amide bonds. The lowest BCUT2D eigenvalue weighted by atomic mass is 10.1. The van der Waals surface area contributed by atoms with Crippen molar-refractivity contribution in [1.82, 2.24) is 4.90 Å². The predicted octanol–water partition coefficient (Wildman–Crippen LogP) is 3.31. The van der Waals surface area contributed by atoms with Crippen LogP contribution >= 0.6 is 0 Å². The summed E-state index contributed by atoms with van der Waals surface area (Å²) in [4.78, 5) is 12.3. The second kappa shape index (κ2) is 5.82. The van der Waals surface area contributed by atoms with Gasteiger partial charge < -0.3 is 10.6 Å². The van der Waals surface area contributed by atoms with Gasteiger partial charge in [0.2, 0.25) is 0 Å². The molecule has 0 aliphatic carbocycles. The molecule has 0 fully saturated rings. The van der Waals surface area contributed by atoms with E-state index in [9.17, 15) is 31.1 Å². The third kappa shape index (κ3) is 4.54. The molecule has 9 heteroatoms. The van der Waals surface area contributed by atoms with Crippen LogP contribution in [0.15, 0.2) is 18.2 Å². The Bertz CT molecular complexity index is 523. The van der Waals surface area contributed by atoms with Gasteiger partial charge in [0, 0.05) is 17.8 Å². The summed E-state index contributed by atoms with van der Waals surface area (Å²) in [6.07, 6.45) is -9.42. The number of nitrogens with zero attached hydrogens (tertiary/aromatic N) is 1. The van der Waals surface area contributed by atoms with E-state index in [0.717, 1.165) is 12.1 Å². The molecular weight excluding hydrogens is 302 g/mol. The molecular formula is C12H12F6N2O. The Morgan fingerprint density at radius 1 is 1.19 bits per heavy atom. The van der Waals surface area contributed by atoms with Crippen molar-refractivity contribution >= 4 is 11.6 Å². The minimum Gasteiger partial charge on any atom is -0.398 e. The smallest absolute Gasteiger partial charge is 0.398 e. The number of carbonyl (C=O) groups is 1. The maximum Gasteiger partial charge on any atom is 0.418 e. The molecule has 0 heterocycles. The first-order valence-electron chi connectivity index (χ1n) is 5.78. The molecule has 0 spiro atoms. The summed E-state index contributed by atoms with van der Waals surface area (Å²) in [5.74, 6) is -1.14. The normalized spacial score (nSPS) is 12.3. The van der Waals surface area contributed by atoms with Crippen molar-refractivity contribution < 1.29 is 31.1 Å². The summed E-state index contributed by atoms with van der Waals surface area (Å²) in [5.41, 5.74) is 2.81. The van der Waals surface area contributed by atoms with E-state index in [-0.39, 0.29) is 6.54 Å². The second-order valence-corrected chi connectivity index (χ2v) is 4.23. The average Bonchev–Trinajstić information content (AvgIpc) is 2.33. The molecule has 0 unspecified atom stereocenters. The number of halogens is 6. The molecule has 1 aromatic carbocycles. The average molecular weight is 314 g/mol. The summed E-state index contributed by atoms with van der Waals surface area (Å²) in [7, 11) is 0. The van der Waals surface area contributed by atoms with Gasteiger partial charge in [-0.2, -0.15) is 26.3 Å². The zero-order valence-electron chi connectivity index (χ0n) is 10.8. The molecule has 0 saturated heterocycles. The highest BCUT2D eigenvalue weighted by molar-refractivity contribution is 5.95. The van der Waals surface area contributed by atoms with E-state index in [0.29, 0.717) is 11.0 Å². The van der Waals surface area contributed by atoms with E-state index in [2.05, 4.69) is 0 Å². The Kier molecular flexibility index (Phi) is 4.75. The van der Waals surface area contributed by atoms with Crippen molar-refractivity contribution in [3.05, 3.63) is 29.3 Å². The lowest BCUT2D eigenvalue weighted by Gasteiger charge is -2.23. The van der Waals surface area contributed by atoms with E-state index in [1.807, 2.05) is 0 Å². The molecule has 3 nitrogen and oxygen atoms in total. The number of benzene rings is 1. The van der Waals surface area contributed by atoms with Crippen LogP contribution in [0.25, 0.3) is 0 Å². The molecule has 2 N–H and O–H groups in total. The number of alkyl halides is 6. The number of nitrogens with two attached hydrogens (primary N) is 1. The standard InChI is InChI=1S/C12H12F6N2O/c1-2-20(6-11(13,14)15)10(21)7-3-4-9(19)8(5-7)12(16,17)18/h3-5H,2,6,19H2,1H3. The maximum atomic E-state index is 12.7. The van der Waals surface area contributed by atoms with Crippen LogP contribution in [-0.4, -0.2) is 30.1 Å². The number of nitrogen functional groups attached to an aromatic ring is 1. The van der Waals surface area contributed by atoms with Gasteiger partial charge in [0.05, 0.1) is 5.56 Å². The van der Waals surface area contributed by atoms with Gasteiger partial charge in [-0.15, -0.1) is 0 Å². The van der Waals surface area contributed by atoms with E-state index in [1.54, 1.807) is 0 Å². The van der Waals surface area contributed by atoms with Crippen LogP contribution < -0.4 is 5.73 Å². The molecule has 0 radical (unpaired) electrons. The highest BCUT2D eigenvalue weighted by atomic mass is 19.4. The quantitative estimate of drug-likeness (QED) is 0.687. The number of carbonyl (C=O) groups excluding carboxylic acids is 1. The summed E-state index contributed by atoms with van der Waals surface area (Å²) in [6, 6.07) is 2.26. The Morgan fingerprint density at radius 3 is 2.19 bits per heavy atom. The van der Waals surface area contributed by atoms with E-state index in [1.165, 1.54) is 6.92 Å². The topological polar surface area (TPSA) is 46.3 Å². The first-order chi connectivity index (χ1) is 9.45. The van der Waals surface area contributed by atoms with Crippen LogP contribution in [0.5, 0.6) is 0 Å². The fourth-order valence-corrected chi connectivity index (χ4v) is 1.66. The minimum atomic E-state index is -4.79. The number of amides is 1. The number of hydrogen-bond donors (Lipinski definition) is 1. The van der Waals surface area contributed by atoms with E-state index in [4.69, 9.17) is 5.73 Å². The van der Waals surface area contributed by atoms with Crippen LogP contribution in [0.3, 0.4) is 0 Å². The van der Waals surface area contributed by atoms with E-state index < -0.39 is 41.6 Å². The zero-order chi connectivity index (χ0) is 16.4. The molecule has 118 valence electrons. The Balaban J connectivity index is 3.13. The van der Waals surface area contributed by atoms with Crippen molar-refractivity contribution in [2.45, 2.75) is 19.3 Å². The molecule has 1 aromatic rings. The monoisotopic (exact) mass is 314 g/mol. The molecule has 0 bridgehead atoms. The largest absolute Gasteiger partial charge is 0.418 e. The Labute approximate surface area is 116 Å². The third-order valence-corrected chi connectivity index (χ3v) is 2.64. The van der Waals surface area contributed by atoms with Crippen LogP contribution in [0.2, 0.25) is 0 Å². The molecule has 21 heavy (non-hydrogen) atoms. The van der Waals surface area contributed by atoms with Gasteiger partial charge in [0.1, 0.15) is 6.54 Å². The molecule has 0 aliphatic heterocycles. The lowest BCUT2D eigenvalue weighted by molar-refractivity contribution is -0.140. The molecule has 0 atom stereocenters. The highest BCUT2D eigenvalue weighted by Crippen LogP contribution is 2.34. The summed E-state index contributed by atoms with van der Waals surface area (Å²) in [5, 5.41) is 0. The van der Waals surface area contributed by atoms with Gasteiger partial charge in [0.25, 0.3) is 5.91 Å². The second-order valence-electron chi connectivity index (χ2n) is 4.23. The third-order valence-electron chi connectivity index (χ3n) is 2.64. The van der Waals surface area contributed by atoms with Gasteiger partial charge in [-0.1, -0.05) is 0 Å². The SMILES string of the molecule is CCN(CC(F)(F)F)C(=O)c1ccc(N)c(C(F)(F)F)c1. The molecule has 0 saturated carbocycles. The zero-order valence-corrected chi connectivity index (χ0v) is 10.8. The van der Waals surface area contributed by atoms with E-state index >= 15 is 0 Å². The first kappa shape index (κ1) is 17.1. The highest BCUT2D eigenvalue weighted by Gasteiger charge is 2.35. The van der Waals surface area contributed by atoms with Crippen molar-refractivity contribution in [3.8, 4) is 0 Å². The lowest BCUT2D eigenvalue weighted by Crippen LogP contribution is -2.38. The van der Waals surface area contributed by atoms with Crippen LogP contribution in [0, 0.1) is 0 Å². The first-order valence-corrected chi connectivity index (χ1v) is 5.78. The van der Waals surface area contributed by atoms with Crippen LogP contribution in [0.1, 0.15) is 22.8 Å². The Morgan fingerprint density at radius 2 is 1.76 bits per heavy atom. The minimum absolute atomic E-state index is 0.288. The number of rotatable bonds is 3. The molecule has 1 rings (SSSR count). The fourth-order valence-electron chi connectivity index (χ4n) is 1.66. The summed E-state index contributed by atoms with van der Waals surface area (Å²) < 4.78 is 74.9. The van der Waals surface area contributed by atoms with Gasteiger partial charge in [-0.05, 0) is 25.1 Å². The summed E-state index contributed by atoms with van der Waals surface area (Å²) in [6.45, 7) is -0.524. The van der Waals surface area contributed by atoms with Crippen LogP contribution in [0.4, 0.5) is 32.0 Å². The number of anilines is 1.